The zero-order valence-electron chi connectivity index (χ0n) is 10.1. The summed E-state index contributed by atoms with van der Waals surface area (Å²) in [4.78, 5) is 2.36. The number of halogens is 1. The molecule has 1 aromatic carbocycles. The summed E-state index contributed by atoms with van der Waals surface area (Å²) in [5, 5.41) is 9.17. The van der Waals surface area contributed by atoms with Crippen LogP contribution < -0.4 is 4.90 Å². The molecule has 2 nitrogen and oxygen atoms in total. The molecule has 1 fully saturated rings. The van der Waals surface area contributed by atoms with Gasteiger partial charge in [-0.1, -0.05) is 29.3 Å². The maximum absolute atomic E-state index is 9.17. The van der Waals surface area contributed by atoms with E-state index in [1.165, 1.54) is 19.3 Å². The Bertz CT molecular complexity index is 436. The monoisotopic (exact) mass is 292 g/mol. The second-order valence-corrected chi connectivity index (χ2v) is 5.55. The van der Waals surface area contributed by atoms with Gasteiger partial charge in [0.25, 0.3) is 0 Å². The van der Waals surface area contributed by atoms with E-state index in [2.05, 4.69) is 39.9 Å². The molecule has 1 aliphatic rings. The fourth-order valence-electron chi connectivity index (χ4n) is 2.48. The number of nitriles is 1. The topological polar surface area (TPSA) is 27.0 Å². The summed E-state index contributed by atoms with van der Waals surface area (Å²) >= 11 is 3.49. The smallest absolute Gasteiger partial charge is 0.101 e. The van der Waals surface area contributed by atoms with Crippen LogP contribution in [0.3, 0.4) is 0 Å². The van der Waals surface area contributed by atoms with Crippen molar-refractivity contribution in [3.63, 3.8) is 0 Å². The van der Waals surface area contributed by atoms with Crippen LogP contribution in [0.5, 0.6) is 0 Å². The Labute approximate surface area is 111 Å². The second-order valence-electron chi connectivity index (χ2n) is 4.64. The Hall–Kier alpha value is -1.01. The zero-order valence-corrected chi connectivity index (χ0v) is 11.7. The minimum Gasteiger partial charge on any atom is -0.370 e. The van der Waals surface area contributed by atoms with Crippen LogP contribution in [0, 0.1) is 17.2 Å². The summed E-state index contributed by atoms with van der Waals surface area (Å²) in [6.45, 7) is 4.41. The van der Waals surface area contributed by atoms with E-state index in [4.69, 9.17) is 0 Å². The molecule has 1 aliphatic heterocycles. The normalized spacial score (nSPS) is 20.1. The first kappa shape index (κ1) is 12.4. The fraction of sp³-hybridized carbons (Fsp3) is 0.500. The number of piperidine rings is 1. The van der Waals surface area contributed by atoms with Crippen molar-refractivity contribution in [3.8, 4) is 6.07 Å². The summed E-state index contributed by atoms with van der Waals surface area (Å²) < 4.78 is 1.05. The average Bonchev–Trinajstić information content (AvgIpc) is 2.39. The molecule has 0 saturated carbocycles. The molecule has 90 valence electrons. The van der Waals surface area contributed by atoms with E-state index in [-0.39, 0.29) is 0 Å². The van der Waals surface area contributed by atoms with Crippen molar-refractivity contribution in [1.29, 1.82) is 5.26 Å². The van der Waals surface area contributed by atoms with Crippen molar-refractivity contribution in [1.82, 2.24) is 0 Å². The van der Waals surface area contributed by atoms with Gasteiger partial charge in [-0.05, 0) is 37.0 Å². The molecule has 3 heteroatoms. The van der Waals surface area contributed by atoms with Gasteiger partial charge < -0.3 is 4.90 Å². The van der Waals surface area contributed by atoms with Gasteiger partial charge in [0.05, 0.1) is 11.3 Å². The number of anilines is 1. The van der Waals surface area contributed by atoms with E-state index in [0.717, 1.165) is 34.7 Å². The van der Waals surface area contributed by atoms with Crippen molar-refractivity contribution in [2.45, 2.75) is 26.2 Å². The Morgan fingerprint density at radius 2 is 2.35 bits per heavy atom. The molecule has 0 spiro atoms. The van der Waals surface area contributed by atoms with E-state index in [0.29, 0.717) is 0 Å². The number of hydrogen-bond acceptors (Lipinski definition) is 2. The van der Waals surface area contributed by atoms with Crippen LogP contribution in [0.4, 0.5) is 5.69 Å². The van der Waals surface area contributed by atoms with Gasteiger partial charge in [-0.25, -0.2) is 0 Å². The standard InChI is InChI=1S/C14H17BrN2/c1-2-11-4-3-7-17(10-11)14-8-13(15)6-5-12(14)9-16/h5-6,8,11H,2-4,7,10H2,1H3. The van der Waals surface area contributed by atoms with Crippen molar-refractivity contribution >= 4 is 21.6 Å². The third kappa shape index (κ3) is 2.81. The molecule has 1 aromatic rings. The predicted octanol–water partition coefficient (Wildman–Crippen LogP) is 3.95. The van der Waals surface area contributed by atoms with Gasteiger partial charge in [0.15, 0.2) is 0 Å². The van der Waals surface area contributed by atoms with Crippen molar-refractivity contribution in [3.05, 3.63) is 28.2 Å². The number of hydrogen-bond donors (Lipinski definition) is 0. The predicted molar refractivity (Wildman–Crippen MR) is 74.1 cm³/mol. The van der Waals surface area contributed by atoms with Crippen LogP contribution in [-0.2, 0) is 0 Å². The van der Waals surface area contributed by atoms with E-state index in [9.17, 15) is 5.26 Å². The summed E-state index contributed by atoms with van der Waals surface area (Å²) in [6.07, 6.45) is 3.78. The van der Waals surface area contributed by atoms with Crippen molar-refractivity contribution < 1.29 is 0 Å². The summed E-state index contributed by atoms with van der Waals surface area (Å²) in [5.41, 5.74) is 1.87. The van der Waals surface area contributed by atoms with Crippen LogP contribution in [0.15, 0.2) is 22.7 Å². The summed E-state index contributed by atoms with van der Waals surface area (Å²) in [7, 11) is 0. The molecule has 0 radical (unpaired) electrons. The minimum atomic E-state index is 0.772. The van der Waals surface area contributed by atoms with E-state index in [1.807, 2.05) is 12.1 Å². The average molecular weight is 293 g/mol. The SMILES string of the molecule is CCC1CCCN(c2cc(Br)ccc2C#N)C1. The highest BCUT2D eigenvalue weighted by molar-refractivity contribution is 9.10. The van der Waals surface area contributed by atoms with Gasteiger partial charge in [-0.2, -0.15) is 5.26 Å². The second kappa shape index (κ2) is 5.55. The van der Waals surface area contributed by atoms with Crippen LogP contribution in [0.2, 0.25) is 0 Å². The maximum Gasteiger partial charge on any atom is 0.101 e. The van der Waals surface area contributed by atoms with Gasteiger partial charge in [-0.15, -0.1) is 0 Å². The molecule has 0 amide bonds. The van der Waals surface area contributed by atoms with Crippen molar-refractivity contribution in [2.75, 3.05) is 18.0 Å². The van der Waals surface area contributed by atoms with Crippen LogP contribution >= 0.6 is 15.9 Å². The van der Waals surface area contributed by atoms with Gasteiger partial charge in [-0.3, -0.25) is 0 Å². The molecule has 1 saturated heterocycles. The van der Waals surface area contributed by atoms with Gasteiger partial charge in [0.1, 0.15) is 6.07 Å². The first-order valence-electron chi connectivity index (χ1n) is 6.19. The Morgan fingerprint density at radius 3 is 3.06 bits per heavy atom. The summed E-state index contributed by atoms with van der Waals surface area (Å²) in [6, 6.07) is 8.19. The molecular weight excluding hydrogens is 276 g/mol. The number of benzene rings is 1. The quantitative estimate of drug-likeness (QED) is 0.825. The molecule has 0 aliphatic carbocycles. The highest BCUT2D eigenvalue weighted by atomic mass is 79.9. The molecule has 1 unspecified atom stereocenters. The fourth-order valence-corrected chi connectivity index (χ4v) is 2.83. The van der Waals surface area contributed by atoms with Crippen LogP contribution in [0.1, 0.15) is 31.7 Å². The van der Waals surface area contributed by atoms with Crippen LogP contribution in [-0.4, -0.2) is 13.1 Å². The largest absolute Gasteiger partial charge is 0.370 e. The highest BCUT2D eigenvalue weighted by Crippen LogP contribution is 2.29. The number of nitrogens with zero attached hydrogens (tertiary/aromatic N) is 2. The van der Waals surface area contributed by atoms with Gasteiger partial charge in [0, 0.05) is 17.6 Å². The van der Waals surface area contributed by atoms with Crippen molar-refractivity contribution in [2.24, 2.45) is 5.92 Å². The van der Waals surface area contributed by atoms with E-state index in [1.54, 1.807) is 0 Å². The first-order valence-corrected chi connectivity index (χ1v) is 6.98. The zero-order chi connectivity index (χ0) is 12.3. The Morgan fingerprint density at radius 1 is 1.53 bits per heavy atom. The maximum atomic E-state index is 9.17. The Balaban J connectivity index is 2.27. The molecule has 0 N–H and O–H groups in total. The summed E-state index contributed by atoms with van der Waals surface area (Å²) in [5.74, 6) is 0.772. The van der Waals surface area contributed by atoms with Crippen LogP contribution in [0.25, 0.3) is 0 Å². The molecule has 0 aromatic heterocycles. The molecule has 0 bridgehead atoms. The molecule has 17 heavy (non-hydrogen) atoms. The molecule has 2 rings (SSSR count). The van der Waals surface area contributed by atoms with E-state index >= 15 is 0 Å². The lowest BCUT2D eigenvalue weighted by Crippen LogP contribution is -2.35. The molecule has 1 heterocycles. The first-order chi connectivity index (χ1) is 8.24. The van der Waals surface area contributed by atoms with E-state index < -0.39 is 0 Å². The minimum absolute atomic E-state index is 0.772. The Kier molecular flexibility index (Phi) is 4.06. The third-order valence-electron chi connectivity index (χ3n) is 3.52. The van der Waals surface area contributed by atoms with Gasteiger partial charge >= 0.3 is 0 Å². The highest BCUT2D eigenvalue weighted by Gasteiger charge is 2.20. The lowest BCUT2D eigenvalue weighted by molar-refractivity contribution is 0.404. The third-order valence-corrected chi connectivity index (χ3v) is 4.01. The number of rotatable bonds is 2. The molecular formula is C14H17BrN2. The molecule has 1 atom stereocenters. The van der Waals surface area contributed by atoms with Gasteiger partial charge in [0.2, 0.25) is 0 Å². The lowest BCUT2D eigenvalue weighted by atomic mass is 9.95. The lowest BCUT2D eigenvalue weighted by Gasteiger charge is -2.34.